The third-order valence-electron chi connectivity index (χ3n) is 4.64. The second kappa shape index (κ2) is 2.74. The number of carboxylic acids is 1. The molecule has 4 aliphatic carbocycles. The van der Waals surface area contributed by atoms with Gasteiger partial charge in [-0.05, 0) is 55.8 Å². The number of carbonyl (C=O) groups is 1. The Kier molecular flexibility index (Phi) is 1.76. The standard InChI is InChI=1S/C12H17FO2/c13-12-4-8-1-9(5-12)3-11(2-8,7-12)6-10(14)15/h8-9H,1-7H2,(H,14,15). The van der Waals surface area contributed by atoms with Gasteiger partial charge in [0.1, 0.15) is 5.67 Å². The molecular formula is C12H17FO2. The Hall–Kier alpha value is -0.600. The average molecular weight is 212 g/mol. The summed E-state index contributed by atoms with van der Waals surface area (Å²) in [6.45, 7) is 0. The molecule has 0 aromatic heterocycles. The van der Waals surface area contributed by atoms with E-state index >= 15 is 0 Å². The van der Waals surface area contributed by atoms with Gasteiger partial charge in [-0.2, -0.15) is 0 Å². The molecule has 0 spiro atoms. The van der Waals surface area contributed by atoms with Crippen molar-refractivity contribution >= 4 is 5.97 Å². The molecule has 84 valence electrons. The third-order valence-corrected chi connectivity index (χ3v) is 4.64. The Labute approximate surface area is 88.9 Å². The van der Waals surface area contributed by atoms with E-state index in [1.165, 1.54) is 0 Å². The monoisotopic (exact) mass is 212 g/mol. The lowest BCUT2D eigenvalue weighted by molar-refractivity contribution is -0.154. The van der Waals surface area contributed by atoms with E-state index in [0.717, 1.165) is 19.3 Å². The van der Waals surface area contributed by atoms with Crippen molar-refractivity contribution in [1.29, 1.82) is 0 Å². The van der Waals surface area contributed by atoms with Crippen molar-refractivity contribution in [2.45, 2.75) is 50.6 Å². The highest BCUT2D eigenvalue weighted by atomic mass is 19.1. The predicted molar refractivity (Wildman–Crippen MR) is 53.2 cm³/mol. The number of hydrogen-bond acceptors (Lipinski definition) is 1. The molecule has 4 aliphatic rings. The lowest BCUT2D eigenvalue weighted by Gasteiger charge is -2.58. The second-order valence-electron chi connectivity index (χ2n) is 6.18. The summed E-state index contributed by atoms with van der Waals surface area (Å²) < 4.78 is 14.4. The molecule has 4 rings (SSSR count). The zero-order chi connectivity index (χ0) is 10.7. The second-order valence-corrected chi connectivity index (χ2v) is 6.18. The molecule has 2 unspecified atom stereocenters. The average Bonchev–Trinajstić information content (AvgIpc) is 1.94. The van der Waals surface area contributed by atoms with Crippen molar-refractivity contribution in [3.63, 3.8) is 0 Å². The first-order valence-corrected chi connectivity index (χ1v) is 5.89. The number of rotatable bonds is 2. The van der Waals surface area contributed by atoms with Crippen molar-refractivity contribution in [3.05, 3.63) is 0 Å². The molecule has 0 radical (unpaired) electrons. The van der Waals surface area contributed by atoms with Gasteiger partial charge in [0.2, 0.25) is 0 Å². The minimum absolute atomic E-state index is 0.186. The van der Waals surface area contributed by atoms with Crippen LogP contribution in [0.1, 0.15) is 44.9 Å². The Morgan fingerprint density at radius 1 is 1.27 bits per heavy atom. The van der Waals surface area contributed by atoms with Crippen LogP contribution in [-0.4, -0.2) is 16.7 Å². The quantitative estimate of drug-likeness (QED) is 0.764. The fourth-order valence-corrected chi connectivity index (χ4v) is 4.86. The van der Waals surface area contributed by atoms with Crippen LogP contribution in [0.3, 0.4) is 0 Å². The molecular weight excluding hydrogens is 195 g/mol. The molecule has 2 atom stereocenters. The van der Waals surface area contributed by atoms with Crippen LogP contribution in [0.4, 0.5) is 4.39 Å². The zero-order valence-electron chi connectivity index (χ0n) is 8.84. The molecule has 4 saturated carbocycles. The summed E-state index contributed by atoms with van der Waals surface area (Å²) in [7, 11) is 0. The predicted octanol–water partition coefficient (Wildman–Crippen LogP) is 2.77. The normalized spacial score (nSPS) is 52.1. The maximum Gasteiger partial charge on any atom is 0.303 e. The van der Waals surface area contributed by atoms with Gasteiger partial charge in [-0.25, -0.2) is 4.39 Å². The fraction of sp³-hybridized carbons (Fsp3) is 0.917. The van der Waals surface area contributed by atoms with Gasteiger partial charge >= 0.3 is 5.97 Å². The van der Waals surface area contributed by atoms with E-state index in [2.05, 4.69) is 0 Å². The van der Waals surface area contributed by atoms with Gasteiger partial charge in [-0.1, -0.05) is 0 Å². The van der Waals surface area contributed by atoms with Gasteiger partial charge in [-0.15, -0.1) is 0 Å². The largest absolute Gasteiger partial charge is 0.481 e. The molecule has 0 amide bonds. The summed E-state index contributed by atoms with van der Waals surface area (Å²) in [5.74, 6) is 0.187. The third kappa shape index (κ3) is 1.47. The van der Waals surface area contributed by atoms with Gasteiger partial charge in [0.05, 0.1) is 6.42 Å². The Morgan fingerprint density at radius 2 is 1.87 bits per heavy atom. The SMILES string of the molecule is O=C(O)CC12CC3CC(CC(F)(C3)C1)C2. The highest BCUT2D eigenvalue weighted by molar-refractivity contribution is 5.67. The molecule has 4 bridgehead atoms. The van der Waals surface area contributed by atoms with Gasteiger partial charge in [0, 0.05) is 0 Å². The van der Waals surface area contributed by atoms with E-state index in [1.807, 2.05) is 0 Å². The first kappa shape index (κ1) is 9.61. The Morgan fingerprint density at radius 3 is 2.33 bits per heavy atom. The molecule has 0 aromatic carbocycles. The number of hydrogen-bond donors (Lipinski definition) is 1. The summed E-state index contributed by atoms with van der Waals surface area (Å²) in [5.41, 5.74) is -1.20. The number of aliphatic carboxylic acids is 1. The van der Waals surface area contributed by atoms with Gasteiger partial charge in [0.15, 0.2) is 0 Å². The molecule has 0 heterocycles. The first-order valence-electron chi connectivity index (χ1n) is 5.89. The zero-order valence-corrected chi connectivity index (χ0v) is 8.84. The van der Waals surface area contributed by atoms with E-state index in [1.54, 1.807) is 0 Å². The summed E-state index contributed by atoms with van der Waals surface area (Å²) >= 11 is 0. The van der Waals surface area contributed by atoms with Crippen molar-refractivity contribution in [3.8, 4) is 0 Å². The number of halogens is 1. The van der Waals surface area contributed by atoms with Crippen LogP contribution < -0.4 is 0 Å². The summed E-state index contributed by atoms with van der Waals surface area (Å²) in [6, 6.07) is 0. The van der Waals surface area contributed by atoms with Crippen LogP contribution >= 0.6 is 0 Å². The molecule has 0 saturated heterocycles. The van der Waals surface area contributed by atoms with Crippen LogP contribution in [0, 0.1) is 17.3 Å². The Balaban J connectivity index is 1.89. The van der Waals surface area contributed by atoms with E-state index in [0.29, 0.717) is 31.1 Å². The fourth-order valence-electron chi connectivity index (χ4n) is 4.86. The van der Waals surface area contributed by atoms with Crippen molar-refractivity contribution in [2.75, 3.05) is 0 Å². The van der Waals surface area contributed by atoms with Crippen LogP contribution in [0.15, 0.2) is 0 Å². The van der Waals surface area contributed by atoms with E-state index in [-0.39, 0.29) is 11.8 Å². The summed E-state index contributed by atoms with van der Waals surface area (Å²) in [4.78, 5) is 10.9. The molecule has 0 aliphatic heterocycles. The van der Waals surface area contributed by atoms with Crippen molar-refractivity contribution < 1.29 is 14.3 Å². The number of carboxylic acid groups (broad SMARTS) is 1. The maximum absolute atomic E-state index is 14.4. The maximum atomic E-state index is 14.4. The van der Waals surface area contributed by atoms with E-state index in [4.69, 9.17) is 5.11 Å². The Bertz CT molecular complexity index is 299. The smallest absolute Gasteiger partial charge is 0.303 e. The van der Waals surface area contributed by atoms with Crippen LogP contribution in [0.5, 0.6) is 0 Å². The molecule has 15 heavy (non-hydrogen) atoms. The van der Waals surface area contributed by atoms with Crippen LogP contribution in [0.25, 0.3) is 0 Å². The topological polar surface area (TPSA) is 37.3 Å². The minimum Gasteiger partial charge on any atom is -0.481 e. The van der Waals surface area contributed by atoms with Gasteiger partial charge in [-0.3, -0.25) is 4.79 Å². The van der Waals surface area contributed by atoms with Gasteiger partial charge in [0.25, 0.3) is 0 Å². The summed E-state index contributed by atoms with van der Waals surface area (Å²) in [5, 5.41) is 8.93. The van der Waals surface area contributed by atoms with Crippen molar-refractivity contribution in [1.82, 2.24) is 0 Å². The lowest BCUT2D eigenvalue weighted by Crippen LogP contribution is -2.54. The lowest BCUT2D eigenvalue weighted by atomic mass is 9.48. The van der Waals surface area contributed by atoms with E-state index in [9.17, 15) is 9.18 Å². The molecule has 0 aromatic rings. The van der Waals surface area contributed by atoms with Gasteiger partial charge < -0.3 is 5.11 Å². The highest BCUT2D eigenvalue weighted by Crippen LogP contribution is 2.64. The first-order chi connectivity index (χ1) is 6.99. The molecule has 2 nitrogen and oxygen atoms in total. The highest BCUT2D eigenvalue weighted by Gasteiger charge is 2.58. The number of alkyl halides is 1. The van der Waals surface area contributed by atoms with Crippen LogP contribution in [0.2, 0.25) is 0 Å². The van der Waals surface area contributed by atoms with Crippen molar-refractivity contribution in [2.24, 2.45) is 17.3 Å². The summed E-state index contributed by atoms with van der Waals surface area (Å²) in [6.07, 6.45) is 5.16. The van der Waals surface area contributed by atoms with Crippen LogP contribution in [-0.2, 0) is 4.79 Å². The molecule has 3 heteroatoms. The molecule has 1 N–H and O–H groups in total. The minimum atomic E-state index is -1.01. The molecule has 4 fully saturated rings. The van der Waals surface area contributed by atoms with E-state index < -0.39 is 11.6 Å².